The molecule has 0 N–H and O–H groups in total. The van der Waals surface area contributed by atoms with Gasteiger partial charge < -0.3 is 4.44 Å². The van der Waals surface area contributed by atoms with Crippen LogP contribution in [0.4, 0.5) is 16.4 Å². The van der Waals surface area contributed by atoms with Gasteiger partial charge in [-0.05, 0) is 74.0 Å². The third-order valence-electron chi connectivity index (χ3n) is 3.18. The van der Waals surface area contributed by atoms with Gasteiger partial charge in [-0.25, -0.2) is 0 Å². The lowest BCUT2D eigenvalue weighted by Crippen LogP contribution is -1.89. The maximum absolute atomic E-state index is 4.37. The highest BCUT2D eigenvalue weighted by Crippen LogP contribution is 2.37. The molecule has 3 nitrogen and oxygen atoms in total. The normalized spacial score (nSPS) is 11.8. The monoisotopic (exact) mass is 341 g/mol. The summed E-state index contributed by atoms with van der Waals surface area (Å²) in [5.74, 6) is 0. The van der Waals surface area contributed by atoms with E-state index in [2.05, 4.69) is 65.9 Å². The number of anilines is 1. The number of benzene rings is 1. The Morgan fingerprint density at radius 2 is 1.70 bits per heavy atom. The first-order chi connectivity index (χ1) is 9.52. The molecule has 1 aromatic heterocycles. The van der Waals surface area contributed by atoms with Crippen molar-refractivity contribution < 1.29 is 0 Å². The van der Waals surface area contributed by atoms with Crippen LogP contribution >= 0.6 is 38.1 Å². The predicted octanol–water partition coefficient (Wildman–Crippen LogP) is 6.07. The van der Waals surface area contributed by atoms with Crippen molar-refractivity contribution in [3.63, 3.8) is 0 Å². The molecule has 2 aromatic rings. The molecule has 0 aliphatic heterocycles. The molecule has 0 aliphatic carbocycles. The summed E-state index contributed by atoms with van der Waals surface area (Å²) >= 11 is 1.70. The molecule has 106 valence electrons. The second-order valence-corrected chi connectivity index (χ2v) is 8.18. The van der Waals surface area contributed by atoms with Crippen molar-refractivity contribution in [2.24, 2.45) is 10.2 Å². The molecule has 0 amide bonds. The van der Waals surface area contributed by atoms with Gasteiger partial charge in [0, 0.05) is 10.6 Å². The molecule has 1 heterocycles. The zero-order valence-corrected chi connectivity index (χ0v) is 15.8. The van der Waals surface area contributed by atoms with Crippen molar-refractivity contribution in [2.75, 3.05) is 4.44 Å². The summed E-state index contributed by atoms with van der Waals surface area (Å²) in [5.41, 5.74) is 4.58. The van der Waals surface area contributed by atoms with Gasteiger partial charge in [-0.15, -0.1) is 21.6 Å². The molecule has 0 saturated carbocycles. The Morgan fingerprint density at radius 3 is 2.20 bits per heavy atom. The van der Waals surface area contributed by atoms with Gasteiger partial charge in [0.1, 0.15) is 5.00 Å². The molecule has 0 bridgehead atoms. The van der Waals surface area contributed by atoms with Crippen LogP contribution in [-0.4, -0.2) is 0 Å². The third-order valence-corrected chi connectivity index (χ3v) is 7.39. The van der Waals surface area contributed by atoms with Crippen LogP contribution in [0, 0.1) is 20.8 Å². The Kier molecular flexibility index (Phi) is 5.64. The zero-order chi connectivity index (χ0) is 14.7. The summed E-state index contributed by atoms with van der Waals surface area (Å²) in [6, 6.07) is 8.08. The summed E-state index contributed by atoms with van der Waals surface area (Å²) < 4.78 is 2.10. The molecule has 0 saturated heterocycles. The average molecular weight is 341 g/mol. The number of rotatable bonds is 4. The molecule has 20 heavy (non-hydrogen) atoms. The minimum absolute atomic E-state index is 0.644. The summed E-state index contributed by atoms with van der Waals surface area (Å²) in [5, 5.41) is 9.70. The van der Waals surface area contributed by atoms with E-state index in [-0.39, 0.29) is 0 Å². The van der Waals surface area contributed by atoms with Crippen LogP contribution < -0.4 is 4.44 Å². The number of hydrogen-bond donors (Lipinski definition) is 0. The van der Waals surface area contributed by atoms with Gasteiger partial charge in [0.25, 0.3) is 0 Å². The van der Waals surface area contributed by atoms with Crippen LogP contribution in [0.15, 0.2) is 34.5 Å². The van der Waals surface area contributed by atoms with Crippen molar-refractivity contribution in [1.29, 1.82) is 0 Å². The fraction of sp³-hybridized carbons (Fsp3) is 0.231. The van der Waals surface area contributed by atoms with Crippen LogP contribution in [0.3, 0.4) is 0 Å². The van der Waals surface area contributed by atoms with Gasteiger partial charge in [0.2, 0.25) is 0 Å². The predicted molar refractivity (Wildman–Crippen MR) is 99.4 cm³/mol. The van der Waals surface area contributed by atoms with Gasteiger partial charge in [0.05, 0.1) is 5.69 Å². The smallest absolute Gasteiger partial charge is 0.142 e. The standard InChI is InChI=1S/C13H18N3P3S/c1-8-9(2)13(20-10(8)3)15-14-11-4-6-12(7-5-11)16(17)19-18/h4-7,19H,17-18H2,1-3H3. The number of nitrogens with zero attached hydrogens (tertiary/aromatic N) is 3. The van der Waals surface area contributed by atoms with E-state index >= 15 is 0 Å². The van der Waals surface area contributed by atoms with E-state index in [1.807, 2.05) is 12.1 Å². The number of azo groups is 1. The number of aryl methyl sites for hydroxylation is 1. The molecular weight excluding hydrogens is 323 g/mol. The molecule has 2 rings (SSSR count). The highest BCUT2D eigenvalue weighted by Gasteiger charge is 2.07. The minimum atomic E-state index is 0.644. The van der Waals surface area contributed by atoms with Crippen LogP contribution in [0.2, 0.25) is 0 Å². The highest BCUT2D eigenvalue weighted by molar-refractivity contribution is 8.05. The van der Waals surface area contributed by atoms with Gasteiger partial charge in [-0.2, -0.15) is 0 Å². The van der Waals surface area contributed by atoms with E-state index < -0.39 is 0 Å². The second-order valence-electron chi connectivity index (χ2n) is 4.43. The van der Waals surface area contributed by atoms with Gasteiger partial charge in [-0.1, -0.05) is 8.93 Å². The van der Waals surface area contributed by atoms with Crippen LogP contribution in [0.1, 0.15) is 16.0 Å². The molecular formula is C13H18N3P3S. The van der Waals surface area contributed by atoms with E-state index in [4.69, 9.17) is 0 Å². The largest absolute Gasteiger partial charge is 0.334 e. The molecule has 7 heteroatoms. The van der Waals surface area contributed by atoms with Crippen molar-refractivity contribution in [3.8, 4) is 0 Å². The first-order valence-corrected chi connectivity index (χ1v) is 10.2. The Hall–Kier alpha value is -0.390. The van der Waals surface area contributed by atoms with Crippen LogP contribution in [-0.2, 0) is 0 Å². The number of thiophene rings is 1. The van der Waals surface area contributed by atoms with Crippen molar-refractivity contribution in [1.82, 2.24) is 0 Å². The van der Waals surface area contributed by atoms with E-state index in [1.54, 1.807) is 11.3 Å². The zero-order valence-electron chi connectivity index (χ0n) is 11.7. The van der Waals surface area contributed by atoms with Crippen LogP contribution in [0.5, 0.6) is 0 Å². The third kappa shape index (κ3) is 3.62. The van der Waals surface area contributed by atoms with Gasteiger partial charge in [-0.3, -0.25) is 0 Å². The Bertz CT molecular complexity index is 623. The summed E-state index contributed by atoms with van der Waals surface area (Å²) in [6.07, 6.45) is 0. The summed E-state index contributed by atoms with van der Waals surface area (Å²) in [4.78, 5) is 1.31. The fourth-order valence-corrected chi connectivity index (χ4v) is 3.58. The van der Waals surface area contributed by atoms with Crippen molar-refractivity contribution in [2.45, 2.75) is 20.8 Å². The van der Waals surface area contributed by atoms with E-state index in [0.717, 1.165) is 16.4 Å². The molecule has 0 spiro atoms. The number of hydrogen-bond acceptors (Lipinski definition) is 4. The maximum Gasteiger partial charge on any atom is 0.142 e. The Balaban J connectivity index is 2.17. The lowest BCUT2D eigenvalue weighted by Gasteiger charge is -2.15. The first-order valence-electron chi connectivity index (χ1n) is 6.12. The summed E-state index contributed by atoms with van der Waals surface area (Å²) in [7, 11) is 6.06. The molecule has 0 radical (unpaired) electrons. The minimum Gasteiger partial charge on any atom is -0.334 e. The lowest BCUT2D eigenvalue weighted by atomic mass is 10.2. The average Bonchev–Trinajstić information content (AvgIpc) is 2.72. The molecule has 0 fully saturated rings. The van der Waals surface area contributed by atoms with E-state index in [0.29, 0.717) is 8.42 Å². The quantitative estimate of drug-likeness (QED) is 0.490. The fourth-order valence-electron chi connectivity index (χ4n) is 1.68. The highest BCUT2D eigenvalue weighted by atomic mass is 32.1. The van der Waals surface area contributed by atoms with Gasteiger partial charge in [0.15, 0.2) is 0 Å². The lowest BCUT2D eigenvalue weighted by molar-refractivity contribution is 1.23. The SMILES string of the molecule is Cc1sc(N=Nc2ccc(N(P)PP)cc2)c(C)c1C. The van der Waals surface area contributed by atoms with Crippen LogP contribution in [0.25, 0.3) is 0 Å². The van der Waals surface area contributed by atoms with Crippen molar-refractivity contribution >= 4 is 54.5 Å². The van der Waals surface area contributed by atoms with E-state index in [9.17, 15) is 0 Å². The topological polar surface area (TPSA) is 28.0 Å². The van der Waals surface area contributed by atoms with Crippen molar-refractivity contribution in [3.05, 3.63) is 40.3 Å². The second kappa shape index (κ2) is 7.05. The Morgan fingerprint density at radius 1 is 1.05 bits per heavy atom. The Labute approximate surface area is 130 Å². The molecule has 1 aromatic carbocycles. The summed E-state index contributed by atoms with van der Waals surface area (Å²) in [6.45, 7) is 6.35. The van der Waals surface area contributed by atoms with Gasteiger partial charge >= 0.3 is 0 Å². The molecule has 3 atom stereocenters. The van der Waals surface area contributed by atoms with E-state index in [1.165, 1.54) is 16.0 Å². The maximum atomic E-state index is 4.37. The first kappa shape index (κ1) is 16.0. The molecule has 3 unspecified atom stereocenters. The molecule has 0 aliphatic rings.